The highest BCUT2D eigenvalue weighted by molar-refractivity contribution is 7.98. The van der Waals surface area contributed by atoms with E-state index in [1.807, 2.05) is 45.9 Å². The van der Waals surface area contributed by atoms with Crippen molar-refractivity contribution in [3.8, 4) is 0 Å². The van der Waals surface area contributed by atoms with Crippen molar-refractivity contribution in [2.45, 2.75) is 50.1 Å². The van der Waals surface area contributed by atoms with Crippen LogP contribution in [0.4, 0.5) is 5.69 Å². The van der Waals surface area contributed by atoms with Crippen LogP contribution in [0.25, 0.3) is 10.9 Å². The molecule has 150 valence electrons. The molecule has 0 spiro atoms. The molecule has 0 unspecified atom stereocenters. The van der Waals surface area contributed by atoms with Crippen molar-refractivity contribution in [2.75, 3.05) is 11.4 Å². The Morgan fingerprint density at radius 2 is 1.86 bits per heavy atom. The largest absolute Gasteiger partial charge is 0.312 e. The molecule has 1 aliphatic heterocycles. The van der Waals surface area contributed by atoms with Crippen LogP contribution in [-0.4, -0.2) is 22.0 Å². The van der Waals surface area contributed by atoms with E-state index in [0.29, 0.717) is 18.4 Å². The number of anilines is 1. The SMILES string of the molecule is CCCCn1c(SCc2ccc(N3CCCC3=O)cc2)nc2ccccc2c1=O. The van der Waals surface area contributed by atoms with Gasteiger partial charge in [-0.05, 0) is 42.7 Å². The normalized spacial score (nSPS) is 14.1. The maximum Gasteiger partial charge on any atom is 0.262 e. The van der Waals surface area contributed by atoms with Gasteiger partial charge in [0.25, 0.3) is 5.56 Å². The average molecular weight is 408 g/mol. The van der Waals surface area contributed by atoms with Gasteiger partial charge in [0.05, 0.1) is 10.9 Å². The number of thioether (sulfide) groups is 1. The Kier molecular flexibility index (Phi) is 6.00. The number of para-hydroxylation sites is 1. The summed E-state index contributed by atoms with van der Waals surface area (Å²) in [6.07, 6.45) is 3.55. The van der Waals surface area contributed by atoms with Gasteiger partial charge in [-0.1, -0.05) is 49.4 Å². The van der Waals surface area contributed by atoms with E-state index in [1.54, 1.807) is 11.8 Å². The zero-order chi connectivity index (χ0) is 20.2. The summed E-state index contributed by atoms with van der Waals surface area (Å²) in [6.45, 7) is 3.61. The third-order valence-corrected chi connectivity index (χ3v) is 6.30. The summed E-state index contributed by atoms with van der Waals surface area (Å²) < 4.78 is 1.81. The number of benzene rings is 2. The average Bonchev–Trinajstić information content (AvgIpc) is 3.18. The van der Waals surface area contributed by atoms with Crippen molar-refractivity contribution < 1.29 is 4.79 Å². The molecule has 0 atom stereocenters. The van der Waals surface area contributed by atoms with Gasteiger partial charge in [0.15, 0.2) is 5.16 Å². The molecule has 1 saturated heterocycles. The smallest absolute Gasteiger partial charge is 0.262 e. The summed E-state index contributed by atoms with van der Waals surface area (Å²) >= 11 is 1.59. The minimum atomic E-state index is 0.0365. The van der Waals surface area contributed by atoms with E-state index >= 15 is 0 Å². The molecule has 1 aliphatic rings. The molecule has 1 amide bonds. The lowest BCUT2D eigenvalue weighted by Gasteiger charge is -2.16. The Balaban J connectivity index is 1.55. The second kappa shape index (κ2) is 8.82. The summed E-state index contributed by atoms with van der Waals surface area (Å²) in [4.78, 5) is 31.5. The summed E-state index contributed by atoms with van der Waals surface area (Å²) in [7, 11) is 0. The zero-order valence-corrected chi connectivity index (χ0v) is 17.5. The Bertz CT molecular complexity index is 1080. The quantitative estimate of drug-likeness (QED) is 0.424. The third kappa shape index (κ3) is 4.22. The highest BCUT2D eigenvalue weighted by Crippen LogP contribution is 2.26. The minimum absolute atomic E-state index is 0.0365. The van der Waals surface area contributed by atoms with Crippen LogP contribution in [0.3, 0.4) is 0 Å². The van der Waals surface area contributed by atoms with Gasteiger partial charge in [-0.3, -0.25) is 14.2 Å². The van der Waals surface area contributed by atoms with E-state index < -0.39 is 0 Å². The van der Waals surface area contributed by atoms with Crippen LogP contribution in [0.2, 0.25) is 0 Å². The number of nitrogens with zero attached hydrogens (tertiary/aromatic N) is 3. The van der Waals surface area contributed by atoms with Crippen molar-refractivity contribution in [2.24, 2.45) is 0 Å². The minimum Gasteiger partial charge on any atom is -0.312 e. The first-order valence-corrected chi connectivity index (χ1v) is 11.2. The lowest BCUT2D eigenvalue weighted by molar-refractivity contribution is -0.117. The highest BCUT2D eigenvalue weighted by atomic mass is 32.2. The standard InChI is InChI=1S/C23H25N3O2S/c1-2-3-14-26-22(28)19-7-4-5-8-20(19)24-23(26)29-16-17-10-12-18(13-11-17)25-15-6-9-21(25)27/h4-5,7-8,10-13H,2-3,6,9,14-16H2,1H3. The van der Waals surface area contributed by atoms with Crippen LogP contribution in [0.5, 0.6) is 0 Å². The van der Waals surface area contributed by atoms with Gasteiger partial charge in [-0.2, -0.15) is 0 Å². The number of aromatic nitrogens is 2. The number of carbonyl (C=O) groups excluding carboxylic acids is 1. The first-order chi connectivity index (χ1) is 14.2. The molecule has 2 heterocycles. The molecule has 0 saturated carbocycles. The summed E-state index contributed by atoms with van der Waals surface area (Å²) in [6, 6.07) is 15.7. The molecule has 1 aromatic heterocycles. The van der Waals surface area contributed by atoms with Crippen molar-refractivity contribution in [3.63, 3.8) is 0 Å². The monoisotopic (exact) mass is 407 g/mol. The topological polar surface area (TPSA) is 55.2 Å². The van der Waals surface area contributed by atoms with Gasteiger partial charge in [0.2, 0.25) is 5.91 Å². The van der Waals surface area contributed by atoms with E-state index in [2.05, 4.69) is 19.1 Å². The third-order valence-electron chi connectivity index (χ3n) is 5.25. The summed E-state index contributed by atoms with van der Waals surface area (Å²) in [5.74, 6) is 0.929. The number of amides is 1. The lowest BCUT2D eigenvalue weighted by Crippen LogP contribution is -2.23. The van der Waals surface area contributed by atoms with Crippen LogP contribution in [0.1, 0.15) is 38.2 Å². The Labute approximate surface area is 174 Å². The molecule has 1 fully saturated rings. The van der Waals surface area contributed by atoms with Gasteiger partial charge in [0.1, 0.15) is 0 Å². The van der Waals surface area contributed by atoms with Crippen molar-refractivity contribution in [1.82, 2.24) is 9.55 Å². The fraction of sp³-hybridized carbons (Fsp3) is 0.348. The predicted molar refractivity (Wildman–Crippen MR) is 119 cm³/mol. The van der Waals surface area contributed by atoms with E-state index in [1.165, 1.54) is 0 Å². The molecule has 0 radical (unpaired) electrons. The van der Waals surface area contributed by atoms with E-state index in [4.69, 9.17) is 4.98 Å². The Morgan fingerprint density at radius 3 is 2.59 bits per heavy atom. The van der Waals surface area contributed by atoms with Crippen LogP contribution < -0.4 is 10.5 Å². The fourth-order valence-corrected chi connectivity index (χ4v) is 4.59. The van der Waals surface area contributed by atoms with E-state index in [9.17, 15) is 9.59 Å². The molecule has 5 nitrogen and oxygen atoms in total. The maximum absolute atomic E-state index is 13.0. The molecule has 2 aromatic carbocycles. The number of unbranched alkanes of at least 4 members (excludes halogenated alkanes) is 1. The number of carbonyl (C=O) groups is 1. The van der Waals surface area contributed by atoms with Gasteiger partial charge in [0, 0.05) is 31.0 Å². The first-order valence-electron chi connectivity index (χ1n) is 10.2. The molecule has 29 heavy (non-hydrogen) atoms. The molecular weight excluding hydrogens is 382 g/mol. The molecule has 3 aromatic rings. The second-order valence-corrected chi connectivity index (χ2v) is 8.27. The van der Waals surface area contributed by atoms with Gasteiger partial charge in [-0.25, -0.2) is 4.98 Å². The summed E-state index contributed by atoms with van der Waals surface area (Å²) in [5.41, 5.74) is 2.89. The van der Waals surface area contributed by atoms with Crippen molar-refractivity contribution >= 4 is 34.3 Å². The maximum atomic E-state index is 13.0. The van der Waals surface area contributed by atoms with Crippen LogP contribution in [0.15, 0.2) is 58.5 Å². The molecular formula is C23H25N3O2S. The number of rotatable bonds is 7. The van der Waals surface area contributed by atoms with Crippen LogP contribution in [0, 0.1) is 0 Å². The lowest BCUT2D eigenvalue weighted by atomic mass is 10.2. The van der Waals surface area contributed by atoms with Crippen LogP contribution in [-0.2, 0) is 17.1 Å². The highest BCUT2D eigenvalue weighted by Gasteiger charge is 2.21. The van der Waals surface area contributed by atoms with Gasteiger partial charge in [-0.15, -0.1) is 0 Å². The molecule has 4 rings (SSSR count). The van der Waals surface area contributed by atoms with Crippen molar-refractivity contribution in [3.05, 3.63) is 64.4 Å². The van der Waals surface area contributed by atoms with E-state index in [-0.39, 0.29) is 11.5 Å². The van der Waals surface area contributed by atoms with Gasteiger partial charge >= 0.3 is 0 Å². The number of hydrogen-bond donors (Lipinski definition) is 0. The first kappa shape index (κ1) is 19.7. The molecule has 6 heteroatoms. The van der Waals surface area contributed by atoms with E-state index in [0.717, 1.165) is 53.5 Å². The Hall–Kier alpha value is -2.60. The Morgan fingerprint density at radius 1 is 1.07 bits per heavy atom. The number of hydrogen-bond acceptors (Lipinski definition) is 4. The predicted octanol–water partition coefficient (Wildman–Crippen LogP) is 4.62. The number of fused-ring (bicyclic) bond motifs is 1. The molecule has 0 N–H and O–H groups in total. The summed E-state index contributed by atoms with van der Waals surface area (Å²) in [5, 5.41) is 1.44. The fourth-order valence-electron chi connectivity index (χ4n) is 3.61. The zero-order valence-electron chi connectivity index (χ0n) is 16.6. The van der Waals surface area contributed by atoms with Gasteiger partial charge < -0.3 is 4.90 Å². The second-order valence-electron chi connectivity index (χ2n) is 7.33. The van der Waals surface area contributed by atoms with Crippen molar-refractivity contribution in [1.29, 1.82) is 0 Å². The van der Waals surface area contributed by atoms with Crippen LogP contribution >= 0.6 is 11.8 Å². The molecule has 0 bridgehead atoms. The molecule has 0 aliphatic carbocycles.